The van der Waals surface area contributed by atoms with Gasteiger partial charge >= 0.3 is 0 Å². The number of ether oxygens (including phenoxy) is 1. The molecule has 4 aliphatic rings. The smallest absolute Gasteiger partial charge is 0.238 e. The zero-order chi connectivity index (χ0) is 34.9. The lowest BCUT2D eigenvalue weighted by Gasteiger charge is -2.55. The molecule has 250 valence electrons. The van der Waals surface area contributed by atoms with Gasteiger partial charge in [-0.05, 0) is 93.9 Å². The van der Waals surface area contributed by atoms with Gasteiger partial charge in [-0.3, -0.25) is 24.1 Å². The number of allylic oxidation sites excluding steroid dienone is 4. The Kier molecular flexibility index (Phi) is 8.03. The summed E-state index contributed by atoms with van der Waals surface area (Å²) in [5.41, 5.74) is 2.26. The minimum atomic E-state index is -1.38. The second kappa shape index (κ2) is 12.3. The summed E-state index contributed by atoms with van der Waals surface area (Å²) in [5.74, 6) is -4.29. The summed E-state index contributed by atoms with van der Waals surface area (Å²) in [6.07, 6.45) is 4.03. The number of halogens is 2. The molecule has 2 amide bonds. The average Bonchev–Trinajstić information content (AvgIpc) is 3.40. The Balaban J connectivity index is 1.38. The van der Waals surface area contributed by atoms with E-state index in [9.17, 15) is 14.7 Å². The maximum atomic E-state index is 15.2. The number of carbonyl (C=O) groups excluding carboxylic acids is 4. The van der Waals surface area contributed by atoms with Gasteiger partial charge in [-0.1, -0.05) is 88.2 Å². The van der Waals surface area contributed by atoms with Crippen LogP contribution in [0.2, 0.25) is 0 Å². The molecule has 4 aromatic rings. The molecule has 7 nitrogen and oxygen atoms in total. The monoisotopic (exact) mass is 791 g/mol. The number of nitrogens with zero attached hydrogens (tertiary/aromatic N) is 1. The molecule has 4 aromatic carbocycles. The molecule has 0 aromatic heterocycles. The lowest BCUT2D eigenvalue weighted by Crippen LogP contribution is -2.58. The third kappa shape index (κ3) is 4.73. The van der Waals surface area contributed by atoms with Crippen LogP contribution in [0.4, 0.5) is 5.69 Å². The van der Waals surface area contributed by atoms with Crippen molar-refractivity contribution in [3.63, 3.8) is 0 Å². The number of hydrogen-bond donors (Lipinski definition) is 1. The molecule has 6 atom stereocenters. The first-order valence-corrected chi connectivity index (χ1v) is 18.1. The summed E-state index contributed by atoms with van der Waals surface area (Å²) < 4.78 is 6.78. The van der Waals surface area contributed by atoms with Gasteiger partial charge in [0.15, 0.2) is 23.1 Å². The molecule has 50 heavy (non-hydrogen) atoms. The van der Waals surface area contributed by atoms with Crippen molar-refractivity contribution in [2.45, 2.75) is 24.2 Å². The van der Waals surface area contributed by atoms with Crippen LogP contribution < -0.4 is 9.64 Å². The molecule has 0 bridgehead atoms. The van der Waals surface area contributed by atoms with Crippen molar-refractivity contribution < 1.29 is 29.0 Å². The summed E-state index contributed by atoms with van der Waals surface area (Å²) >= 11 is 6.94. The Morgan fingerprint density at radius 2 is 1.52 bits per heavy atom. The van der Waals surface area contributed by atoms with Crippen LogP contribution in [0.3, 0.4) is 0 Å². The van der Waals surface area contributed by atoms with Crippen LogP contribution in [-0.2, 0) is 24.6 Å². The Morgan fingerprint density at radius 3 is 2.20 bits per heavy atom. The highest BCUT2D eigenvalue weighted by molar-refractivity contribution is 9.10. The van der Waals surface area contributed by atoms with Gasteiger partial charge in [0.05, 0.1) is 34.5 Å². The second-order valence-electron chi connectivity index (χ2n) is 13.3. The molecule has 1 heterocycles. The van der Waals surface area contributed by atoms with Gasteiger partial charge in [0.1, 0.15) is 0 Å². The number of hydrogen-bond acceptors (Lipinski definition) is 6. The maximum Gasteiger partial charge on any atom is 0.238 e. The van der Waals surface area contributed by atoms with Crippen LogP contribution in [0, 0.1) is 23.7 Å². The summed E-state index contributed by atoms with van der Waals surface area (Å²) in [6.45, 7) is 0. The molecule has 9 heteroatoms. The highest BCUT2D eigenvalue weighted by Crippen LogP contribution is 2.64. The van der Waals surface area contributed by atoms with E-state index in [1.807, 2.05) is 66.7 Å². The number of phenolic OH excluding ortho intramolecular Hbond substituents is 1. The van der Waals surface area contributed by atoms with Crippen LogP contribution in [0.25, 0.3) is 5.57 Å². The van der Waals surface area contributed by atoms with E-state index < -0.39 is 35.0 Å². The molecule has 1 saturated heterocycles. The number of rotatable bonds is 5. The Morgan fingerprint density at radius 1 is 0.840 bits per heavy atom. The molecule has 1 saturated carbocycles. The number of methoxy groups -OCH3 is 1. The highest BCUT2D eigenvalue weighted by atomic mass is 79.9. The fourth-order valence-corrected chi connectivity index (χ4v) is 9.73. The zero-order valence-electron chi connectivity index (χ0n) is 26.9. The van der Waals surface area contributed by atoms with Crippen LogP contribution >= 0.6 is 31.9 Å². The third-order valence-electron chi connectivity index (χ3n) is 11.1. The number of anilines is 1. The van der Waals surface area contributed by atoms with Crippen LogP contribution in [0.15, 0.2) is 124 Å². The summed E-state index contributed by atoms with van der Waals surface area (Å²) in [7, 11) is 1.46. The van der Waals surface area contributed by atoms with Crippen molar-refractivity contribution >= 4 is 66.5 Å². The van der Waals surface area contributed by atoms with E-state index in [1.165, 1.54) is 18.1 Å². The van der Waals surface area contributed by atoms with Crippen molar-refractivity contribution in [2.24, 2.45) is 23.7 Å². The fraction of sp³-hybridized carbons (Fsp3) is 0.220. The van der Waals surface area contributed by atoms with E-state index in [2.05, 4.69) is 31.9 Å². The summed E-state index contributed by atoms with van der Waals surface area (Å²) in [6, 6.07) is 29.2. The zero-order valence-corrected chi connectivity index (χ0v) is 30.1. The molecular weight excluding hydrogens is 762 g/mol. The molecule has 3 aliphatic carbocycles. The SMILES string of the molecule is COc1cc([C@H]2C3=CC[C@@H]4C(=O)N(c5ccc(Br)cc5)C(=O)[C@@H]4[C@@H]3C[C@H]3C(=O)C(c4ccccc4)=CC(=O)[C@@]23c2ccccc2)cc(Br)c1O. The van der Waals surface area contributed by atoms with Crippen molar-refractivity contribution in [3.8, 4) is 11.5 Å². The predicted molar refractivity (Wildman–Crippen MR) is 196 cm³/mol. The van der Waals surface area contributed by atoms with E-state index >= 15 is 9.59 Å². The number of fused-ring (bicyclic) bond motifs is 4. The number of imide groups is 1. The molecular formula is C41H31Br2NO6. The van der Waals surface area contributed by atoms with E-state index in [0.29, 0.717) is 38.8 Å². The lowest BCUT2D eigenvalue weighted by atomic mass is 9.44. The van der Waals surface area contributed by atoms with E-state index in [1.54, 1.807) is 36.4 Å². The van der Waals surface area contributed by atoms with Crippen LogP contribution in [0.5, 0.6) is 11.5 Å². The van der Waals surface area contributed by atoms with Gasteiger partial charge < -0.3 is 9.84 Å². The maximum absolute atomic E-state index is 15.2. The van der Waals surface area contributed by atoms with Gasteiger partial charge in [0.25, 0.3) is 0 Å². The van der Waals surface area contributed by atoms with Crippen LogP contribution in [-0.4, -0.2) is 35.6 Å². The Bertz CT molecular complexity index is 2140. The average molecular weight is 794 g/mol. The number of Topliss-reactive ketones (excluding diaryl/α,β-unsaturated/α-hetero) is 1. The molecule has 2 fully saturated rings. The lowest BCUT2D eigenvalue weighted by molar-refractivity contribution is -0.135. The summed E-state index contributed by atoms with van der Waals surface area (Å²) in [5, 5.41) is 10.9. The van der Waals surface area contributed by atoms with Gasteiger partial charge in [0.2, 0.25) is 11.8 Å². The predicted octanol–water partition coefficient (Wildman–Crippen LogP) is 7.95. The molecule has 0 spiro atoms. The molecule has 1 aliphatic heterocycles. The largest absolute Gasteiger partial charge is 0.503 e. The van der Waals surface area contributed by atoms with Crippen LogP contribution in [0.1, 0.15) is 35.4 Å². The quantitative estimate of drug-likeness (QED) is 0.163. The minimum Gasteiger partial charge on any atom is -0.503 e. The Hall–Kier alpha value is -4.60. The van der Waals surface area contributed by atoms with Gasteiger partial charge in [0, 0.05) is 21.9 Å². The van der Waals surface area contributed by atoms with Crippen molar-refractivity contribution in [2.75, 3.05) is 12.0 Å². The topological polar surface area (TPSA) is 101 Å². The van der Waals surface area contributed by atoms with Gasteiger partial charge in [-0.25, -0.2) is 0 Å². The first-order chi connectivity index (χ1) is 24.2. The van der Waals surface area contributed by atoms with E-state index in [0.717, 1.165) is 10.0 Å². The summed E-state index contributed by atoms with van der Waals surface area (Å²) in [4.78, 5) is 60.1. The molecule has 1 N–H and O–H groups in total. The number of ketones is 2. The number of benzene rings is 4. The second-order valence-corrected chi connectivity index (χ2v) is 15.1. The number of phenols is 1. The molecule has 8 rings (SSSR count). The molecule has 0 unspecified atom stereocenters. The van der Waals surface area contributed by atoms with Crippen molar-refractivity contribution in [1.29, 1.82) is 0 Å². The number of aromatic hydroxyl groups is 1. The standard InChI is InChI=1S/C41H31Br2NO6/c1-50-33-19-23(18-32(43)38(33)47)36-27-16-17-28-35(40(49)44(39(28)48)26-14-12-25(42)13-15-26)30(27)20-31-37(46)29(22-8-4-2-5-9-22)21-34(45)41(31,36)24-10-6-3-7-11-24/h2-16,18-19,21,28,30-31,35-36,47H,17,20H2,1H3/t28-,30+,31-,35-,36-,41-/m0/s1. The first kappa shape index (κ1) is 32.6. The third-order valence-corrected chi connectivity index (χ3v) is 12.2. The Labute approximate surface area is 305 Å². The number of carbonyl (C=O) groups is 4. The normalized spacial score (nSPS) is 27.3. The van der Waals surface area contributed by atoms with E-state index in [-0.39, 0.29) is 41.3 Å². The number of amides is 2. The van der Waals surface area contributed by atoms with Gasteiger partial charge in [-0.15, -0.1) is 0 Å². The minimum absolute atomic E-state index is 0.0920. The van der Waals surface area contributed by atoms with Crippen molar-refractivity contribution in [1.82, 2.24) is 0 Å². The van der Waals surface area contributed by atoms with Gasteiger partial charge in [-0.2, -0.15) is 0 Å². The van der Waals surface area contributed by atoms with Crippen molar-refractivity contribution in [3.05, 3.63) is 140 Å². The molecule has 0 radical (unpaired) electrons. The fourth-order valence-electron chi connectivity index (χ4n) is 9.01. The van der Waals surface area contributed by atoms with E-state index in [4.69, 9.17) is 4.74 Å². The highest BCUT2D eigenvalue weighted by Gasteiger charge is 2.66. The first-order valence-electron chi connectivity index (χ1n) is 16.5.